The first-order valence-electron chi connectivity index (χ1n) is 10.5. The van der Waals surface area contributed by atoms with Crippen LogP contribution in [-0.2, 0) is 19.1 Å². The minimum absolute atomic E-state index is 0.00652. The van der Waals surface area contributed by atoms with Crippen LogP contribution in [0.3, 0.4) is 0 Å². The molecule has 5 rings (SSSR count). The number of amides is 2. The molecule has 4 aliphatic rings. The van der Waals surface area contributed by atoms with E-state index in [2.05, 4.69) is 0 Å². The monoisotopic (exact) mass is 474 g/mol. The van der Waals surface area contributed by atoms with Gasteiger partial charge in [-0.3, -0.25) is 14.4 Å². The number of carbonyl (C=O) groups excluding carboxylic acids is 3. The molecule has 2 amide bonds. The Morgan fingerprint density at radius 2 is 1.94 bits per heavy atom. The zero-order valence-corrected chi connectivity index (χ0v) is 19.0. The average molecular weight is 475 g/mol. The molecule has 168 valence electrons. The lowest BCUT2D eigenvalue weighted by Crippen LogP contribution is -2.54. The fourth-order valence-corrected chi connectivity index (χ4v) is 7.98. The molecule has 1 aromatic rings. The number of nitrogens with zero attached hydrogens (tertiary/aromatic N) is 2. The van der Waals surface area contributed by atoms with Crippen LogP contribution in [0.25, 0.3) is 0 Å². The zero-order chi connectivity index (χ0) is 22.7. The Bertz CT molecular complexity index is 1060. The predicted octanol–water partition coefficient (Wildman–Crippen LogP) is 2.04. The number of anilines is 1. The molecule has 1 aromatic carbocycles. The highest BCUT2D eigenvalue weighted by atomic mass is 35.5. The topological polar surface area (TPSA) is 87.1 Å². The molecular formula is C23H23ClN2O5S. The summed E-state index contributed by atoms with van der Waals surface area (Å²) in [6.45, 7) is 2.10. The molecule has 1 N–H and O–H groups in total. The third-order valence-electron chi connectivity index (χ3n) is 6.80. The number of carbonyl (C=O) groups is 3. The van der Waals surface area contributed by atoms with E-state index in [0.717, 1.165) is 0 Å². The summed E-state index contributed by atoms with van der Waals surface area (Å²) < 4.78 is 3.73. The van der Waals surface area contributed by atoms with Crippen molar-refractivity contribution in [1.82, 2.24) is 4.90 Å². The van der Waals surface area contributed by atoms with Crippen molar-refractivity contribution in [2.24, 2.45) is 11.8 Å². The number of hydrogen-bond donors (Lipinski definition) is 1. The SMILES string of the molecule is C[C@]12C=CCOC(=O)[C@H]1[C@H]1C(=O)N(CCO)C3C(=O)N(c4ccccc4Cl)CC=C[C@@]31S2. The van der Waals surface area contributed by atoms with E-state index in [1.54, 1.807) is 35.2 Å². The molecule has 1 spiro atoms. The Morgan fingerprint density at radius 1 is 1.16 bits per heavy atom. The number of halogens is 1. The molecule has 0 aromatic heterocycles. The first kappa shape index (κ1) is 21.6. The van der Waals surface area contributed by atoms with Crippen LogP contribution in [0.5, 0.6) is 0 Å². The van der Waals surface area contributed by atoms with Gasteiger partial charge in [0.2, 0.25) is 5.91 Å². The lowest BCUT2D eigenvalue weighted by atomic mass is 9.75. The van der Waals surface area contributed by atoms with Crippen molar-refractivity contribution in [2.45, 2.75) is 22.5 Å². The van der Waals surface area contributed by atoms with Crippen LogP contribution in [0.1, 0.15) is 6.92 Å². The number of hydrogen-bond acceptors (Lipinski definition) is 6. The van der Waals surface area contributed by atoms with Gasteiger partial charge in [0.25, 0.3) is 5.91 Å². The molecule has 0 saturated carbocycles. The molecule has 1 unspecified atom stereocenters. The van der Waals surface area contributed by atoms with Gasteiger partial charge in [-0.25, -0.2) is 0 Å². The van der Waals surface area contributed by atoms with E-state index in [9.17, 15) is 19.5 Å². The number of aliphatic hydroxyl groups excluding tert-OH is 1. The second kappa shape index (κ2) is 7.64. The van der Waals surface area contributed by atoms with Crippen LogP contribution in [0.4, 0.5) is 5.69 Å². The number of fused-ring (bicyclic) bond motifs is 2. The van der Waals surface area contributed by atoms with Gasteiger partial charge in [-0.2, -0.15) is 0 Å². The number of β-amino-alcohol motifs (C(OH)–C–C–N with tert-alkyl or cyclic N) is 1. The van der Waals surface area contributed by atoms with Gasteiger partial charge in [-0.05, 0) is 25.1 Å². The summed E-state index contributed by atoms with van der Waals surface area (Å²) in [4.78, 5) is 43.7. The van der Waals surface area contributed by atoms with Crippen LogP contribution in [0, 0.1) is 11.8 Å². The Morgan fingerprint density at radius 3 is 2.69 bits per heavy atom. The van der Waals surface area contributed by atoms with Crippen LogP contribution >= 0.6 is 23.4 Å². The molecule has 5 atom stereocenters. The number of para-hydroxylation sites is 1. The average Bonchev–Trinajstić information content (AvgIpc) is 3.00. The summed E-state index contributed by atoms with van der Waals surface area (Å²) in [5, 5.41) is 10.1. The zero-order valence-electron chi connectivity index (χ0n) is 17.4. The summed E-state index contributed by atoms with van der Waals surface area (Å²) in [6, 6.07) is 6.20. The third-order valence-corrected chi connectivity index (χ3v) is 8.91. The van der Waals surface area contributed by atoms with Crippen LogP contribution in [0.15, 0.2) is 48.6 Å². The van der Waals surface area contributed by atoms with E-state index >= 15 is 0 Å². The van der Waals surface area contributed by atoms with Gasteiger partial charge in [-0.1, -0.05) is 42.0 Å². The molecule has 9 heteroatoms. The van der Waals surface area contributed by atoms with E-state index in [1.165, 1.54) is 16.7 Å². The second-order valence-corrected chi connectivity index (χ2v) is 10.8. The highest BCUT2D eigenvalue weighted by Crippen LogP contribution is 2.65. The van der Waals surface area contributed by atoms with Crippen molar-refractivity contribution in [2.75, 3.05) is 31.2 Å². The maximum Gasteiger partial charge on any atom is 0.311 e. The standard InChI is InChI=1S/C23H23ClN2O5S/c1-22-8-5-13-31-21(30)17(22)16-19(28)26(11-12-27)18-20(29)25(10-4-9-23(16,18)32-22)15-7-3-2-6-14(15)24/h2-9,16-18,27H,10-13H2,1H3/t16-,17+,18?,22-,23-/m0/s1. The van der Waals surface area contributed by atoms with E-state index in [-0.39, 0.29) is 38.1 Å². The van der Waals surface area contributed by atoms with Crippen molar-refractivity contribution in [3.8, 4) is 0 Å². The van der Waals surface area contributed by atoms with Gasteiger partial charge in [0.15, 0.2) is 0 Å². The van der Waals surface area contributed by atoms with Gasteiger partial charge in [-0.15, -0.1) is 11.8 Å². The Hall–Kier alpha value is -2.29. The molecule has 0 bridgehead atoms. The van der Waals surface area contributed by atoms with Gasteiger partial charge < -0.3 is 19.6 Å². The van der Waals surface area contributed by atoms with Crippen molar-refractivity contribution < 1.29 is 24.2 Å². The Balaban J connectivity index is 1.66. The third kappa shape index (κ3) is 2.89. The number of aliphatic hydroxyl groups is 1. The van der Waals surface area contributed by atoms with Gasteiger partial charge in [0.05, 0.1) is 33.9 Å². The number of thioether (sulfide) groups is 1. The quantitative estimate of drug-likeness (QED) is 0.533. The Kier molecular flexibility index (Phi) is 5.15. The Labute approximate surface area is 195 Å². The molecule has 32 heavy (non-hydrogen) atoms. The lowest BCUT2D eigenvalue weighted by molar-refractivity contribution is -0.152. The number of ether oxygens (including phenoxy) is 1. The maximum absolute atomic E-state index is 14.0. The molecule has 4 aliphatic heterocycles. The summed E-state index contributed by atoms with van der Waals surface area (Å²) in [5.41, 5.74) is 0.559. The smallest absolute Gasteiger partial charge is 0.311 e. The van der Waals surface area contributed by atoms with E-state index in [4.69, 9.17) is 16.3 Å². The minimum atomic E-state index is -0.959. The number of likely N-dealkylation sites (tertiary alicyclic amines) is 1. The van der Waals surface area contributed by atoms with Gasteiger partial charge >= 0.3 is 5.97 Å². The van der Waals surface area contributed by atoms with E-state index in [1.807, 2.05) is 25.2 Å². The summed E-state index contributed by atoms with van der Waals surface area (Å²) in [5.74, 6) is -2.52. The first-order chi connectivity index (χ1) is 15.3. The highest BCUT2D eigenvalue weighted by molar-refractivity contribution is 8.02. The fourth-order valence-electron chi connectivity index (χ4n) is 5.59. The predicted molar refractivity (Wildman–Crippen MR) is 121 cm³/mol. The van der Waals surface area contributed by atoms with Crippen LogP contribution in [-0.4, -0.2) is 69.6 Å². The highest BCUT2D eigenvalue weighted by Gasteiger charge is 2.74. The molecule has 2 saturated heterocycles. The van der Waals surface area contributed by atoms with Gasteiger partial charge in [0, 0.05) is 17.8 Å². The number of esters is 1. The molecule has 7 nitrogen and oxygen atoms in total. The van der Waals surface area contributed by atoms with Crippen molar-refractivity contribution in [3.05, 3.63) is 53.6 Å². The maximum atomic E-state index is 14.0. The molecule has 0 radical (unpaired) electrons. The number of benzene rings is 1. The van der Waals surface area contributed by atoms with E-state index < -0.39 is 33.3 Å². The fraction of sp³-hybridized carbons (Fsp3) is 0.435. The largest absolute Gasteiger partial charge is 0.461 e. The minimum Gasteiger partial charge on any atom is -0.461 e. The van der Waals surface area contributed by atoms with Crippen LogP contribution in [0.2, 0.25) is 5.02 Å². The van der Waals surface area contributed by atoms with Crippen molar-refractivity contribution in [3.63, 3.8) is 0 Å². The lowest BCUT2D eigenvalue weighted by Gasteiger charge is -2.36. The summed E-state index contributed by atoms with van der Waals surface area (Å²) in [6.07, 6.45) is 7.51. The van der Waals surface area contributed by atoms with E-state index in [0.29, 0.717) is 10.7 Å². The molecular weight excluding hydrogens is 452 g/mol. The number of cyclic esters (lactones) is 1. The molecule has 2 fully saturated rings. The first-order valence-corrected chi connectivity index (χ1v) is 11.7. The van der Waals surface area contributed by atoms with Crippen molar-refractivity contribution in [1.29, 1.82) is 0 Å². The second-order valence-electron chi connectivity index (χ2n) is 8.59. The van der Waals surface area contributed by atoms with Gasteiger partial charge in [0.1, 0.15) is 12.6 Å². The molecule has 4 heterocycles. The van der Waals surface area contributed by atoms with Crippen molar-refractivity contribution >= 4 is 46.8 Å². The van der Waals surface area contributed by atoms with Crippen LogP contribution < -0.4 is 4.90 Å². The summed E-state index contributed by atoms with van der Waals surface area (Å²) >= 11 is 7.87. The summed E-state index contributed by atoms with van der Waals surface area (Å²) in [7, 11) is 0. The number of rotatable bonds is 3. The molecule has 0 aliphatic carbocycles. The normalized spacial score (nSPS) is 35.8.